The van der Waals surface area contributed by atoms with Crippen molar-refractivity contribution in [2.24, 2.45) is 4.99 Å². The number of para-hydroxylation sites is 1. The molecule has 0 amide bonds. The number of fused-ring (bicyclic) bond motifs is 1. The highest BCUT2D eigenvalue weighted by Gasteiger charge is 2.30. The Morgan fingerprint density at radius 1 is 1.00 bits per heavy atom. The first-order valence-corrected chi connectivity index (χ1v) is 11.8. The van der Waals surface area contributed by atoms with E-state index in [1.54, 1.807) is 11.3 Å². The van der Waals surface area contributed by atoms with E-state index in [-0.39, 0.29) is 5.78 Å². The van der Waals surface area contributed by atoms with E-state index >= 15 is 0 Å². The van der Waals surface area contributed by atoms with Gasteiger partial charge in [-0.05, 0) is 36.6 Å². The number of hydrogen-bond acceptors (Lipinski definition) is 6. The van der Waals surface area contributed by atoms with Crippen LogP contribution in [0.4, 0.5) is 5.13 Å². The lowest BCUT2D eigenvalue weighted by molar-refractivity contribution is 0.102. The van der Waals surface area contributed by atoms with Gasteiger partial charge in [0.05, 0.1) is 10.2 Å². The monoisotopic (exact) mass is 452 g/mol. The molecule has 1 aliphatic rings. The molecule has 0 fully saturated rings. The lowest BCUT2D eigenvalue weighted by Gasteiger charge is -2.26. The van der Waals surface area contributed by atoms with Gasteiger partial charge in [0.15, 0.2) is 10.9 Å². The molecule has 4 aromatic rings. The fourth-order valence-corrected chi connectivity index (χ4v) is 4.85. The molecule has 0 spiro atoms. The van der Waals surface area contributed by atoms with Crippen LogP contribution in [0.25, 0.3) is 10.2 Å². The normalized spacial score (nSPS) is 15.8. The van der Waals surface area contributed by atoms with E-state index in [1.807, 2.05) is 61.5 Å². The maximum Gasteiger partial charge on any atom is 0.202 e. The molecule has 1 aliphatic heterocycles. The van der Waals surface area contributed by atoms with Crippen LogP contribution in [0.2, 0.25) is 0 Å². The third-order valence-corrected chi connectivity index (χ3v) is 6.70. The predicted octanol–water partition coefficient (Wildman–Crippen LogP) is 6.13. The van der Waals surface area contributed by atoms with Crippen molar-refractivity contribution in [3.63, 3.8) is 0 Å². The number of benzene rings is 3. The number of guanidine groups is 1. The minimum atomic E-state index is -0.415. The fraction of sp³-hybridized carbons (Fsp3) is 0.148. The molecule has 6 heteroatoms. The highest BCUT2D eigenvalue weighted by Crippen LogP contribution is 2.34. The van der Waals surface area contributed by atoms with Crippen LogP contribution in [0.5, 0.6) is 0 Å². The minimum Gasteiger partial charge on any atom is -0.329 e. The molecule has 0 bridgehead atoms. The van der Waals surface area contributed by atoms with E-state index in [4.69, 9.17) is 4.99 Å². The molecule has 1 aromatic heterocycles. The Morgan fingerprint density at radius 2 is 1.73 bits per heavy atom. The first kappa shape index (κ1) is 21.1. The summed E-state index contributed by atoms with van der Waals surface area (Å²) < 4.78 is 1.11. The third-order valence-electron chi connectivity index (χ3n) is 5.75. The summed E-state index contributed by atoms with van der Waals surface area (Å²) in [5.41, 5.74) is 5.27. The first-order chi connectivity index (χ1) is 16.1. The Kier molecular flexibility index (Phi) is 5.75. The highest BCUT2D eigenvalue weighted by atomic mass is 32.1. The van der Waals surface area contributed by atoms with Crippen molar-refractivity contribution in [1.82, 2.24) is 10.3 Å². The average Bonchev–Trinajstić information content (AvgIpc) is 3.26. The van der Waals surface area contributed by atoms with Crippen molar-refractivity contribution in [3.8, 4) is 0 Å². The van der Waals surface area contributed by atoms with Crippen LogP contribution in [0.3, 0.4) is 0 Å². The predicted molar refractivity (Wildman–Crippen MR) is 136 cm³/mol. The maximum atomic E-state index is 13.5. The zero-order chi connectivity index (χ0) is 22.8. The Labute approximate surface area is 196 Å². The van der Waals surface area contributed by atoms with Gasteiger partial charge in [0.1, 0.15) is 6.04 Å². The quantitative estimate of drug-likeness (QED) is 0.358. The highest BCUT2D eigenvalue weighted by molar-refractivity contribution is 7.22. The van der Waals surface area contributed by atoms with Gasteiger partial charge < -0.3 is 10.6 Å². The standard InChI is InChI=1S/C27H24N4OS/c1-3-18-13-15-19(16-14-18)24-23(25(32)20-9-5-4-6-10-20)17(2)28-26(30-24)31-27-29-21-11-7-8-12-22(21)33-27/h4-16,24H,3H2,1-2H3,(H2,28,29,30,31)/t24-/m0/s1. The summed E-state index contributed by atoms with van der Waals surface area (Å²) in [6.07, 6.45) is 0.963. The number of carbonyl (C=O) groups excluding carboxylic acids is 1. The number of rotatable bonds is 5. The number of thiazole rings is 1. The van der Waals surface area contributed by atoms with Crippen LogP contribution < -0.4 is 10.6 Å². The number of ketones is 1. The van der Waals surface area contributed by atoms with Crippen LogP contribution in [-0.4, -0.2) is 16.7 Å². The van der Waals surface area contributed by atoms with Gasteiger partial charge in [0.25, 0.3) is 0 Å². The molecule has 0 radical (unpaired) electrons. The molecule has 3 aromatic carbocycles. The number of nitrogens with one attached hydrogen (secondary N) is 2. The van der Waals surface area contributed by atoms with Crippen LogP contribution in [0, 0.1) is 0 Å². The number of hydrogen-bond donors (Lipinski definition) is 2. The number of anilines is 1. The van der Waals surface area contributed by atoms with Gasteiger partial charge in [0.2, 0.25) is 5.96 Å². The van der Waals surface area contributed by atoms with Gasteiger partial charge in [0, 0.05) is 16.8 Å². The second-order valence-corrected chi connectivity index (χ2v) is 8.98. The summed E-state index contributed by atoms with van der Waals surface area (Å²) in [4.78, 5) is 23.1. The van der Waals surface area contributed by atoms with E-state index in [1.165, 1.54) is 5.56 Å². The third kappa shape index (κ3) is 4.30. The molecule has 0 unspecified atom stereocenters. The number of Topliss-reactive ketones (excluding diaryl/α,β-unsaturated/α-hetero) is 1. The van der Waals surface area contributed by atoms with E-state index in [0.717, 1.165) is 33.0 Å². The molecule has 1 atom stereocenters. The van der Waals surface area contributed by atoms with Gasteiger partial charge in [-0.15, -0.1) is 0 Å². The largest absolute Gasteiger partial charge is 0.329 e. The Morgan fingerprint density at radius 3 is 2.45 bits per heavy atom. The van der Waals surface area contributed by atoms with Crippen molar-refractivity contribution >= 4 is 38.4 Å². The van der Waals surface area contributed by atoms with E-state index in [2.05, 4.69) is 46.8 Å². The van der Waals surface area contributed by atoms with E-state index in [9.17, 15) is 4.79 Å². The molecular formula is C27H24N4OS. The Balaban J connectivity index is 1.53. The fourth-order valence-electron chi connectivity index (χ4n) is 3.98. The van der Waals surface area contributed by atoms with E-state index in [0.29, 0.717) is 17.1 Å². The number of aromatic nitrogens is 1. The summed E-state index contributed by atoms with van der Waals surface area (Å²) in [5, 5.41) is 7.38. The molecule has 5 nitrogen and oxygen atoms in total. The SMILES string of the molecule is CCc1ccc([C@@H]2N=C(Nc3nc4ccccc4s3)NC(C)=C2C(=O)c2ccccc2)cc1. The van der Waals surface area contributed by atoms with Gasteiger partial charge in [-0.25, -0.2) is 9.98 Å². The summed E-state index contributed by atoms with van der Waals surface area (Å²) in [7, 11) is 0. The zero-order valence-corrected chi connectivity index (χ0v) is 19.3. The molecule has 2 heterocycles. The molecule has 0 saturated carbocycles. The van der Waals surface area contributed by atoms with Crippen LogP contribution in [-0.2, 0) is 6.42 Å². The van der Waals surface area contributed by atoms with Crippen molar-refractivity contribution in [2.45, 2.75) is 26.3 Å². The molecular weight excluding hydrogens is 428 g/mol. The molecule has 5 rings (SSSR count). The average molecular weight is 453 g/mol. The van der Waals surface area contributed by atoms with Crippen molar-refractivity contribution in [1.29, 1.82) is 0 Å². The number of aliphatic imine (C=N–C) groups is 1. The summed E-state index contributed by atoms with van der Waals surface area (Å²) in [5.74, 6) is 0.564. The van der Waals surface area contributed by atoms with Gasteiger partial charge in [-0.3, -0.25) is 4.79 Å². The number of allylic oxidation sites excluding steroid dienone is 1. The first-order valence-electron chi connectivity index (χ1n) is 11.0. The second kappa shape index (κ2) is 9.00. The number of aryl methyl sites for hydroxylation is 1. The minimum absolute atomic E-state index is 0.0204. The lowest BCUT2D eigenvalue weighted by Crippen LogP contribution is -2.36. The van der Waals surface area contributed by atoms with Gasteiger partial charge >= 0.3 is 0 Å². The number of carbonyl (C=O) groups is 1. The van der Waals surface area contributed by atoms with Crippen LogP contribution in [0.15, 0.2) is 95.1 Å². The molecule has 33 heavy (non-hydrogen) atoms. The Hall–Kier alpha value is -3.77. The second-order valence-electron chi connectivity index (χ2n) is 7.95. The number of nitrogens with zero attached hydrogens (tertiary/aromatic N) is 2. The molecule has 0 aliphatic carbocycles. The zero-order valence-electron chi connectivity index (χ0n) is 18.5. The smallest absolute Gasteiger partial charge is 0.202 e. The molecule has 164 valence electrons. The molecule has 0 saturated heterocycles. The summed E-state index contributed by atoms with van der Waals surface area (Å²) >= 11 is 1.57. The summed E-state index contributed by atoms with van der Waals surface area (Å²) in [6.45, 7) is 4.06. The van der Waals surface area contributed by atoms with E-state index < -0.39 is 6.04 Å². The van der Waals surface area contributed by atoms with Crippen molar-refractivity contribution in [2.75, 3.05) is 5.32 Å². The van der Waals surface area contributed by atoms with Gasteiger partial charge in [-0.2, -0.15) is 0 Å². The topological polar surface area (TPSA) is 66.4 Å². The maximum absolute atomic E-state index is 13.5. The molecule has 2 N–H and O–H groups in total. The summed E-state index contributed by atoms with van der Waals surface area (Å²) in [6, 6.07) is 25.3. The van der Waals surface area contributed by atoms with Crippen LogP contribution >= 0.6 is 11.3 Å². The lowest BCUT2D eigenvalue weighted by atomic mass is 9.90. The van der Waals surface area contributed by atoms with Gasteiger partial charge in [-0.1, -0.05) is 85.0 Å². The van der Waals surface area contributed by atoms with Crippen molar-refractivity contribution in [3.05, 3.63) is 107 Å². The Bertz CT molecular complexity index is 1340. The van der Waals surface area contributed by atoms with Crippen molar-refractivity contribution < 1.29 is 4.79 Å². The van der Waals surface area contributed by atoms with Crippen LogP contribution in [0.1, 0.15) is 41.4 Å².